The average Bonchev–Trinajstić information content (AvgIpc) is 2.85. The van der Waals surface area contributed by atoms with Crippen LogP contribution in [0.1, 0.15) is 35.9 Å². The van der Waals surface area contributed by atoms with Crippen molar-refractivity contribution in [2.45, 2.75) is 26.3 Å². The van der Waals surface area contributed by atoms with E-state index in [0.717, 1.165) is 10.2 Å². The first-order valence-electron chi connectivity index (χ1n) is 6.54. The fourth-order valence-corrected chi connectivity index (χ4v) is 2.25. The van der Waals surface area contributed by atoms with Crippen molar-refractivity contribution in [1.29, 1.82) is 0 Å². The van der Waals surface area contributed by atoms with Crippen molar-refractivity contribution in [2.24, 2.45) is 0 Å². The lowest BCUT2D eigenvalue weighted by molar-refractivity contribution is 0.0688. The number of carboxylic acids is 1. The van der Waals surface area contributed by atoms with Gasteiger partial charge in [0.05, 0.1) is 12.2 Å². The van der Waals surface area contributed by atoms with E-state index in [1.54, 1.807) is 4.68 Å². The minimum atomic E-state index is -1.06. The predicted molar refractivity (Wildman–Crippen MR) is 80.7 cm³/mol. The Morgan fingerprint density at radius 2 is 2.05 bits per heavy atom. The molecule has 0 aliphatic heterocycles. The van der Waals surface area contributed by atoms with Crippen LogP contribution in [0.3, 0.4) is 0 Å². The summed E-state index contributed by atoms with van der Waals surface area (Å²) in [6.45, 7) is 4.67. The number of rotatable bonds is 6. The maximum absolute atomic E-state index is 11.1. The van der Waals surface area contributed by atoms with E-state index in [4.69, 9.17) is 9.84 Å². The van der Waals surface area contributed by atoms with E-state index in [-0.39, 0.29) is 11.6 Å². The molecule has 0 unspecified atom stereocenters. The molecular weight excluding hydrogens is 338 g/mol. The molecule has 2 aromatic rings. The highest BCUT2D eigenvalue weighted by Crippen LogP contribution is 2.18. The van der Waals surface area contributed by atoms with Crippen LogP contribution in [-0.4, -0.2) is 32.7 Å². The minimum Gasteiger partial charge on any atom is -0.492 e. The summed E-state index contributed by atoms with van der Waals surface area (Å²) in [7, 11) is 0. The number of nitrogens with zero attached hydrogens (tertiary/aromatic N) is 3. The average molecular weight is 354 g/mol. The molecule has 0 saturated carbocycles. The molecule has 0 radical (unpaired) electrons. The Labute approximate surface area is 130 Å². The number of halogens is 1. The van der Waals surface area contributed by atoms with Gasteiger partial charge in [-0.15, -0.1) is 5.10 Å². The van der Waals surface area contributed by atoms with Crippen molar-refractivity contribution in [3.63, 3.8) is 0 Å². The van der Waals surface area contributed by atoms with E-state index in [2.05, 4.69) is 26.2 Å². The van der Waals surface area contributed by atoms with Crippen LogP contribution in [0.5, 0.6) is 5.75 Å². The van der Waals surface area contributed by atoms with Crippen LogP contribution in [0.25, 0.3) is 0 Å². The topological polar surface area (TPSA) is 77.2 Å². The number of carbonyl (C=O) groups is 1. The van der Waals surface area contributed by atoms with E-state index >= 15 is 0 Å². The monoisotopic (exact) mass is 353 g/mol. The molecule has 6 nitrogen and oxygen atoms in total. The second kappa shape index (κ2) is 6.71. The molecule has 0 bridgehead atoms. The van der Waals surface area contributed by atoms with Crippen LogP contribution in [0.2, 0.25) is 0 Å². The Morgan fingerprint density at radius 1 is 1.38 bits per heavy atom. The zero-order valence-electron chi connectivity index (χ0n) is 11.8. The largest absolute Gasteiger partial charge is 0.492 e. The van der Waals surface area contributed by atoms with Gasteiger partial charge in [-0.2, -0.15) is 0 Å². The summed E-state index contributed by atoms with van der Waals surface area (Å²) in [5.41, 5.74) is 0.621. The van der Waals surface area contributed by atoms with Gasteiger partial charge in [-0.3, -0.25) is 0 Å². The maximum atomic E-state index is 11.1. The molecule has 0 aliphatic rings. The molecule has 21 heavy (non-hydrogen) atoms. The van der Waals surface area contributed by atoms with Gasteiger partial charge in [0.25, 0.3) is 0 Å². The summed E-state index contributed by atoms with van der Waals surface area (Å²) in [6.07, 6.45) is 0. The first-order chi connectivity index (χ1) is 9.99. The second-order valence-electron chi connectivity index (χ2n) is 4.81. The van der Waals surface area contributed by atoms with Crippen molar-refractivity contribution in [3.05, 3.63) is 40.1 Å². The van der Waals surface area contributed by atoms with Crippen LogP contribution in [0, 0.1) is 0 Å². The summed E-state index contributed by atoms with van der Waals surface area (Å²) in [6, 6.07) is 7.51. The molecular formula is C14H16BrN3O3. The lowest BCUT2D eigenvalue weighted by Crippen LogP contribution is -2.14. The Balaban J connectivity index is 2.03. The molecule has 0 spiro atoms. The number of carboxylic acid groups (broad SMARTS) is 1. The summed E-state index contributed by atoms with van der Waals surface area (Å²) in [5, 5.41) is 16.7. The van der Waals surface area contributed by atoms with Gasteiger partial charge in [0.15, 0.2) is 5.69 Å². The van der Waals surface area contributed by atoms with E-state index in [1.165, 1.54) is 0 Å². The van der Waals surface area contributed by atoms with Crippen LogP contribution in [0.4, 0.5) is 0 Å². The number of benzene rings is 1. The normalized spacial score (nSPS) is 10.9. The molecule has 1 aromatic heterocycles. The first kappa shape index (κ1) is 15.5. The summed E-state index contributed by atoms with van der Waals surface area (Å²) in [5.74, 6) is -0.277. The molecule has 0 atom stereocenters. The quantitative estimate of drug-likeness (QED) is 0.863. The van der Waals surface area contributed by atoms with E-state index in [1.807, 2.05) is 38.1 Å². The molecule has 1 heterocycles. The molecule has 7 heteroatoms. The third-order valence-corrected chi connectivity index (χ3v) is 3.44. The van der Waals surface area contributed by atoms with Gasteiger partial charge in [-0.05, 0) is 30.2 Å². The van der Waals surface area contributed by atoms with E-state index < -0.39 is 5.97 Å². The highest BCUT2D eigenvalue weighted by molar-refractivity contribution is 9.10. The Bertz CT molecular complexity index is 623. The van der Waals surface area contributed by atoms with Crippen molar-refractivity contribution in [1.82, 2.24) is 15.0 Å². The first-order valence-corrected chi connectivity index (χ1v) is 7.33. The van der Waals surface area contributed by atoms with Gasteiger partial charge < -0.3 is 9.84 Å². The second-order valence-corrected chi connectivity index (χ2v) is 5.72. The summed E-state index contributed by atoms with van der Waals surface area (Å²) < 4.78 is 8.19. The lowest BCUT2D eigenvalue weighted by atomic mass is 10.1. The van der Waals surface area contributed by atoms with Crippen LogP contribution in [0.15, 0.2) is 28.7 Å². The number of hydrogen-bond acceptors (Lipinski definition) is 4. The maximum Gasteiger partial charge on any atom is 0.358 e. The highest BCUT2D eigenvalue weighted by Gasteiger charge is 2.21. The predicted octanol–water partition coefficient (Wildman–Crippen LogP) is 2.94. The number of aromatic nitrogens is 3. The van der Waals surface area contributed by atoms with Crippen molar-refractivity contribution >= 4 is 21.9 Å². The highest BCUT2D eigenvalue weighted by atomic mass is 79.9. The zero-order chi connectivity index (χ0) is 15.4. The third kappa shape index (κ3) is 3.81. The van der Waals surface area contributed by atoms with Crippen LogP contribution < -0.4 is 4.74 Å². The van der Waals surface area contributed by atoms with Gasteiger partial charge in [-0.1, -0.05) is 35.0 Å². The molecule has 0 amide bonds. The Morgan fingerprint density at radius 3 is 2.62 bits per heavy atom. The lowest BCUT2D eigenvalue weighted by Gasteiger charge is -2.11. The molecule has 2 rings (SSSR count). The van der Waals surface area contributed by atoms with Gasteiger partial charge in [0.1, 0.15) is 12.4 Å². The van der Waals surface area contributed by atoms with Crippen molar-refractivity contribution in [2.75, 3.05) is 6.61 Å². The smallest absolute Gasteiger partial charge is 0.358 e. The molecule has 0 aliphatic carbocycles. The summed E-state index contributed by atoms with van der Waals surface area (Å²) in [4.78, 5) is 11.1. The van der Waals surface area contributed by atoms with Gasteiger partial charge in [-0.25, -0.2) is 9.48 Å². The fraction of sp³-hybridized carbons (Fsp3) is 0.357. The molecule has 112 valence electrons. The SMILES string of the molecule is CC(C)c1c(C(=O)O)nnn1CCOc1ccc(Br)cc1. The summed E-state index contributed by atoms with van der Waals surface area (Å²) >= 11 is 3.36. The third-order valence-electron chi connectivity index (χ3n) is 2.91. The van der Waals surface area contributed by atoms with Gasteiger partial charge in [0.2, 0.25) is 0 Å². The molecule has 0 saturated heterocycles. The molecule has 0 fully saturated rings. The minimum absolute atomic E-state index is 0.00800. The van der Waals surface area contributed by atoms with Gasteiger partial charge in [0, 0.05) is 4.47 Å². The van der Waals surface area contributed by atoms with Crippen LogP contribution in [-0.2, 0) is 6.54 Å². The van der Waals surface area contributed by atoms with Gasteiger partial charge >= 0.3 is 5.97 Å². The Hall–Kier alpha value is -1.89. The molecule has 1 N–H and O–H groups in total. The number of aromatic carboxylic acids is 1. The van der Waals surface area contributed by atoms with Crippen LogP contribution >= 0.6 is 15.9 Å². The Kier molecular flexibility index (Phi) is 4.95. The van der Waals surface area contributed by atoms with E-state index in [9.17, 15) is 4.79 Å². The van der Waals surface area contributed by atoms with Crippen molar-refractivity contribution in [3.8, 4) is 5.75 Å². The zero-order valence-corrected chi connectivity index (χ0v) is 13.4. The number of hydrogen-bond donors (Lipinski definition) is 1. The molecule has 1 aromatic carbocycles. The standard InChI is InChI=1S/C14H16BrN3O3/c1-9(2)13-12(14(19)20)16-17-18(13)7-8-21-11-5-3-10(15)4-6-11/h3-6,9H,7-8H2,1-2H3,(H,19,20). The fourth-order valence-electron chi connectivity index (χ4n) is 1.99. The van der Waals surface area contributed by atoms with E-state index in [0.29, 0.717) is 18.8 Å². The van der Waals surface area contributed by atoms with Crippen molar-refractivity contribution < 1.29 is 14.6 Å². The number of ether oxygens (including phenoxy) is 1.